The van der Waals surface area contributed by atoms with Gasteiger partial charge in [0, 0.05) is 42.4 Å². The lowest BCUT2D eigenvalue weighted by Crippen LogP contribution is -2.48. The molecule has 198 valence electrons. The molecule has 2 aliphatic heterocycles. The number of halogens is 3. The van der Waals surface area contributed by atoms with E-state index in [4.69, 9.17) is 26.2 Å². The fraction of sp³-hybridized carbons (Fsp3) is 0.296. The lowest BCUT2D eigenvalue weighted by Gasteiger charge is -2.35. The average Bonchev–Trinajstić information content (AvgIpc) is 3.58. The molecule has 38 heavy (non-hydrogen) atoms. The lowest BCUT2D eigenvalue weighted by molar-refractivity contribution is -0.139. The molecule has 0 saturated carbocycles. The Morgan fingerprint density at radius 1 is 1.29 bits per heavy atom. The third-order valence-corrected chi connectivity index (χ3v) is 7.31. The van der Waals surface area contributed by atoms with Gasteiger partial charge in [-0.2, -0.15) is 0 Å². The third-order valence-electron chi connectivity index (χ3n) is 6.94. The van der Waals surface area contributed by atoms with E-state index in [1.54, 1.807) is 0 Å². The summed E-state index contributed by atoms with van der Waals surface area (Å²) >= 11 is 6.48. The van der Waals surface area contributed by atoms with Crippen molar-refractivity contribution in [3.05, 3.63) is 75.9 Å². The number of fused-ring (bicyclic) bond motifs is 1. The van der Waals surface area contributed by atoms with Crippen LogP contribution in [0.15, 0.2) is 42.6 Å². The molecule has 0 bridgehead atoms. The van der Waals surface area contributed by atoms with Gasteiger partial charge in [-0.3, -0.25) is 4.79 Å². The van der Waals surface area contributed by atoms with Crippen LogP contribution in [0.2, 0.25) is 5.02 Å². The van der Waals surface area contributed by atoms with Gasteiger partial charge in [-0.15, -0.1) is 0 Å². The normalized spacial score (nSPS) is 20.1. The van der Waals surface area contributed by atoms with Crippen molar-refractivity contribution in [2.24, 2.45) is 0 Å². The van der Waals surface area contributed by atoms with Crippen molar-refractivity contribution in [3.63, 3.8) is 0 Å². The molecule has 0 radical (unpaired) electrons. The third kappa shape index (κ3) is 4.33. The van der Waals surface area contributed by atoms with Gasteiger partial charge in [-0.25, -0.2) is 18.6 Å². The first-order chi connectivity index (χ1) is 18.3. The Balaban J connectivity index is 1.74. The summed E-state index contributed by atoms with van der Waals surface area (Å²) in [6, 6.07) is 10.5. The molecule has 2 aliphatic rings. The smallest absolute Gasteiger partial charge is 0.341 e. The van der Waals surface area contributed by atoms with Crippen molar-refractivity contribution in [3.8, 4) is 22.8 Å². The molecule has 1 amide bonds. The van der Waals surface area contributed by atoms with Crippen molar-refractivity contribution in [1.29, 1.82) is 0 Å². The van der Waals surface area contributed by atoms with Crippen LogP contribution >= 0.6 is 11.6 Å². The van der Waals surface area contributed by atoms with E-state index in [0.29, 0.717) is 5.56 Å². The van der Waals surface area contributed by atoms with E-state index < -0.39 is 46.6 Å². The second-order valence-electron chi connectivity index (χ2n) is 9.13. The Bertz CT molecular complexity index is 1420. The molecule has 0 spiro atoms. The number of ether oxygens (including phenoxy) is 2. The first-order valence-electron chi connectivity index (χ1n) is 12.0. The van der Waals surface area contributed by atoms with Crippen molar-refractivity contribution >= 4 is 23.5 Å². The molecule has 3 aromatic rings. The van der Waals surface area contributed by atoms with Gasteiger partial charge >= 0.3 is 5.97 Å². The number of carboxylic acid groups (broad SMARTS) is 1. The number of carbonyl (C=O) groups is 2. The summed E-state index contributed by atoms with van der Waals surface area (Å²) in [5.74, 6) is -4.54. The standard InChI is InChI=1S/C27H24ClF2N3O5/c1-31-25(36)16-12-33-26(37-13-20(34)35)24(30)22(16)21-15-11-27(19-8-5-9-32-19,14-6-3-2-4-7-14)38-18(15)10-17(29)23(21)28/h2-4,6-7,10,12,19,32H,5,8-9,11,13H2,1H3,(H,31,36)(H,34,35)/t19-,27-/m0/s1. The maximum atomic E-state index is 16.0. The summed E-state index contributed by atoms with van der Waals surface area (Å²) in [7, 11) is 1.35. The largest absolute Gasteiger partial charge is 0.480 e. The quantitative estimate of drug-likeness (QED) is 0.412. The number of aromatic nitrogens is 1. The Kier molecular flexibility index (Phi) is 6.93. The Hall–Kier alpha value is -3.76. The van der Waals surface area contributed by atoms with E-state index in [1.165, 1.54) is 13.1 Å². The molecule has 1 fully saturated rings. The molecule has 1 aromatic heterocycles. The average molecular weight is 544 g/mol. The molecule has 11 heteroatoms. The number of nitrogens with zero attached hydrogens (tertiary/aromatic N) is 1. The van der Waals surface area contributed by atoms with Crippen LogP contribution in [0.5, 0.6) is 11.6 Å². The molecular formula is C27H24ClF2N3O5. The van der Waals surface area contributed by atoms with Gasteiger partial charge in [0.2, 0.25) is 0 Å². The minimum atomic E-state index is -1.35. The van der Waals surface area contributed by atoms with Crippen LogP contribution < -0.4 is 20.1 Å². The maximum absolute atomic E-state index is 16.0. The van der Waals surface area contributed by atoms with Gasteiger partial charge in [-0.1, -0.05) is 41.9 Å². The summed E-state index contributed by atoms with van der Waals surface area (Å²) in [6.45, 7) is -0.0870. The van der Waals surface area contributed by atoms with E-state index >= 15 is 8.78 Å². The number of pyridine rings is 1. The first kappa shape index (κ1) is 25.9. The second-order valence-corrected chi connectivity index (χ2v) is 9.51. The number of benzene rings is 2. The van der Waals surface area contributed by atoms with Crippen LogP contribution in [0.3, 0.4) is 0 Å². The highest BCUT2D eigenvalue weighted by Gasteiger charge is 2.50. The van der Waals surface area contributed by atoms with E-state index in [-0.39, 0.29) is 34.9 Å². The van der Waals surface area contributed by atoms with Crippen molar-refractivity contribution < 1.29 is 33.0 Å². The number of amides is 1. The summed E-state index contributed by atoms with van der Waals surface area (Å²) < 4.78 is 42.8. The van der Waals surface area contributed by atoms with Crippen LogP contribution in [0, 0.1) is 11.6 Å². The zero-order valence-corrected chi connectivity index (χ0v) is 21.1. The fourth-order valence-corrected chi connectivity index (χ4v) is 5.54. The van der Waals surface area contributed by atoms with E-state index in [1.807, 2.05) is 30.3 Å². The maximum Gasteiger partial charge on any atom is 0.341 e. The Labute approximate surface area is 221 Å². The summed E-state index contributed by atoms with van der Waals surface area (Å²) in [6.07, 6.45) is 2.97. The number of carboxylic acids is 1. The predicted molar refractivity (Wildman–Crippen MR) is 135 cm³/mol. The van der Waals surface area contributed by atoms with Gasteiger partial charge in [0.1, 0.15) is 11.6 Å². The summed E-state index contributed by atoms with van der Waals surface area (Å²) in [5, 5.41) is 14.5. The molecule has 0 unspecified atom stereocenters. The number of nitrogens with one attached hydrogen (secondary N) is 2. The topological polar surface area (TPSA) is 110 Å². The highest BCUT2D eigenvalue weighted by molar-refractivity contribution is 6.34. The van der Waals surface area contributed by atoms with Gasteiger partial charge in [0.15, 0.2) is 18.0 Å². The zero-order chi connectivity index (χ0) is 27.0. The summed E-state index contributed by atoms with van der Waals surface area (Å²) in [4.78, 5) is 27.6. The van der Waals surface area contributed by atoms with E-state index in [2.05, 4.69) is 15.6 Å². The molecule has 3 N–H and O–H groups in total. The van der Waals surface area contributed by atoms with Gasteiger partial charge in [0.05, 0.1) is 16.6 Å². The molecule has 5 rings (SSSR count). The lowest BCUT2D eigenvalue weighted by atomic mass is 9.80. The van der Waals surface area contributed by atoms with E-state index in [9.17, 15) is 9.59 Å². The summed E-state index contributed by atoms with van der Waals surface area (Å²) in [5.41, 5.74) is -0.327. The number of hydrogen-bond acceptors (Lipinski definition) is 6. The molecular weight excluding hydrogens is 520 g/mol. The molecule has 2 aromatic carbocycles. The monoisotopic (exact) mass is 543 g/mol. The second kappa shape index (κ2) is 10.2. The first-order valence-corrected chi connectivity index (χ1v) is 12.4. The van der Waals surface area contributed by atoms with Crippen LogP contribution in [0.4, 0.5) is 8.78 Å². The van der Waals surface area contributed by atoms with Crippen LogP contribution in [-0.2, 0) is 16.8 Å². The van der Waals surface area contributed by atoms with Crippen molar-refractivity contribution in [2.45, 2.75) is 30.9 Å². The number of aliphatic carboxylic acids is 1. The zero-order valence-electron chi connectivity index (χ0n) is 20.3. The van der Waals surface area contributed by atoms with Crippen LogP contribution in [0.1, 0.15) is 34.3 Å². The minimum Gasteiger partial charge on any atom is -0.480 e. The van der Waals surface area contributed by atoms with Crippen molar-refractivity contribution in [2.75, 3.05) is 20.2 Å². The molecule has 0 aliphatic carbocycles. The number of hydrogen-bond donors (Lipinski definition) is 3. The minimum absolute atomic E-state index is 0.0730. The predicted octanol–water partition coefficient (Wildman–Crippen LogP) is 4.09. The molecule has 1 saturated heterocycles. The van der Waals surface area contributed by atoms with E-state index in [0.717, 1.165) is 31.1 Å². The van der Waals surface area contributed by atoms with Crippen molar-refractivity contribution in [1.82, 2.24) is 15.6 Å². The Morgan fingerprint density at radius 3 is 2.71 bits per heavy atom. The Morgan fingerprint density at radius 2 is 2.05 bits per heavy atom. The molecule has 3 heterocycles. The number of carbonyl (C=O) groups excluding carboxylic acids is 1. The van der Waals surface area contributed by atoms with Gasteiger partial charge in [0.25, 0.3) is 11.8 Å². The van der Waals surface area contributed by atoms with Gasteiger partial charge < -0.3 is 25.2 Å². The highest BCUT2D eigenvalue weighted by atomic mass is 35.5. The van der Waals surface area contributed by atoms with Crippen LogP contribution in [0.25, 0.3) is 11.1 Å². The van der Waals surface area contributed by atoms with Gasteiger partial charge in [-0.05, 0) is 24.9 Å². The SMILES string of the molecule is CNC(=O)c1cnc(OCC(=O)O)c(F)c1-c1c(Cl)c(F)cc2c1C[C@](c1ccccc1)([C@@H]1CCCN1)O2. The molecule has 8 nitrogen and oxygen atoms in total. The van der Waals surface area contributed by atoms with Crippen LogP contribution in [-0.4, -0.2) is 48.2 Å². The highest BCUT2D eigenvalue weighted by Crippen LogP contribution is 2.52. The molecule has 2 atom stereocenters. The fourth-order valence-electron chi connectivity index (χ4n) is 5.27. The number of rotatable bonds is 7.